The van der Waals surface area contributed by atoms with Crippen LogP contribution in [0, 0.1) is 6.92 Å². The van der Waals surface area contributed by atoms with Gasteiger partial charge in [0.1, 0.15) is 5.75 Å². The van der Waals surface area contributed by atoms with Gasteiger partial charge in [-0.1, -0.05) is 25.1 Å². The summed E-state index contributed by atoms with van der Waals surface area (Å²) in [6, 6.07) is 12.6. The number of rotatable bonds is 3. The molecule has 0 saturated carbocycles. The maximum atomic E-state index is 12.0. The molecule has 0 heterocycles. The lowest BCUT2D eigenvalue weighted by atomic mass is 10.1. The molecule has 0 radical (unpaired) electrons. The Morgan fingerprint density at radius 1 is 1.16 bits per heavy atom. The summed E-state index contributed by atoms with van der Waals surface area (Å²) >= 11 is 0. The van der Waals surface area contributed by atoms with Crippen molar-refractivity contribution in [1.82, 2.24) is 0 Å². The highest BCUT2D eigenvalue weighted by atomic mass is 16.3. The van der Waals surface area contributed by atoms with Gasteiger partial charge >= 0.3 is 0 Å². The van der Waals surface area contributed by atoms with Gasteiger partial charge in [0.15, 0.2) is 0 Å². The van der Waals surface area contributed by atoms with Crippen LogP contribution in [0.5, 0.6) is 5.75 Å². The molecule has 2 aromatic carbocycles. The van der Waals surface area contributed by atoms with Gasteiger partial charge in [0, 0.05) is 11.3 Å². The van der Waals surface area contributed by atoms with Crippen molar-refractivity contribution in [3.05, 3.63) is 59.2 Å². The third-order valence-electron chi connectivity index (χ3n) is 3.09. The smallest absolute Gasteiger partial charge is 0.255 e. The van der Waals surface area contributed by atoms with E-state index in [1.807, 2.05) is 24.3 Å². The number of benzene rings is 2. The van der Waals surface area contributed by atoms with Gasteiger partial charge in [-0.2, -0.15) is 0 Å². The molecular weight excluding hydrogens is 238 g/mol. The van der Waals surface area contributed by atoms with Crippen molar-refractivity contribution in [3.8, 4) is 5.75 Å². The van der Waals surface area contributed by atoms with Crippen molar-refractivity contribution in [2.75, 3.05) is 5.32 Å². The largest absolute Gasteiger partial charge is 0.508 e. The molecule has 3 nitrogen and oxygen atoms in total. The average molecular weight is 255 g/mol. The summed E-state index contributed by atoms with van der Waals surface area (Å²) in [6.07, 6.45) is 0.972. The van der Waals surface area contributed by atoms with Crippen molar-refractivity contribution >= 4 is 11.6 Å². The minimum Gasteiger partial charge on any atom is -0.508 e. The van der Waals surface area contributed by atoms with Crippen LogP contribution in [0.1, 0.15) is 28.4 Å². The third-order valence-corrected chi connectivity index (χ3v) is 3.09. The van der Waals surface area contributed by atoms with Gasteiger partial charge in [0.25, 0.3) is 5.91 Å². The van der Waals surface area contributed by atoms with E-state index in [1.165, 1.54) is 11.6 Å². The van der Waals surface area contributed by atoms with Crippen LogP contribution in [0.15, 0.2) is 42.5 Å². The van der Waals surface area contributed by atoms with Crippen LogP contribution in [-0.2, 0) is 6.42 Å². The summed E-state index contributed by atoms with van der Waals surface area (Å²) in [4.78, 5) is 12.0. The molecule has 0 aliphatic carbocycles. The van der Waals surface area contributed by atoms with Crippen LogP contribution in [0.2, 0.25) is 0 Å². The topological polar surface area (TPSA) is 49.3 Å². The number of amides is 1. The lowest BCUT2D eigenvalue weighted by molar-refractivity contribution is 0.102. The highest BCUT2D eigenvalue weighted by Crippen LogP contribution is 2.18. The summed E-state index contributed by atoms with van der Waals surface area (Å²) < 4.78 is 0. The van der Waals surface area contributed by atoms with Crippen LogP contribution >= 0.6 is 0 Å². The quantitative estimate of drug-likeness (QED) is 0.881. The van der Waals surface area contributed by atoms with Crippen molar-refractivity contribution in [2.24, 2.45) is 0 Å². The molecule has 1 amide bonds. The molecule has 0 aromatic heterocycles. The minimum absolute atomic E-state index is 0.133. The second-order valence-electron chi connectivity index (χ2n) is 4.51. The van der Waals surface area contributed by atoms with Gasteiger partial charge in [0.2, 0.25) is 0 Å². The monoisotopic (exact) mass is 255 g/mol. The first kappa shape index (κ1) is 13.1. The summed E-state index contributed by atoms with van der Waals surface area (Å²) in [5, 5.41) is 12.4. The van der Waals surface area contributed by atoms with Gasteiger partial charge in [-0.3, -0.25) is 4.79 Å². The predicted octanol–water partition coefficient (Wildman–Crippen LogP) is 3.52. The first-order valence-electron chi connectivity index (χ1n) is 6.30. The number of anilines is 1. The zero-order valence-corrected chi connectivity index (χ0v) is 11.1. The van der Waals surface area contributed by atoms with Crippen LogP contribution in [0.3, 0.4) is 0 Å². The van der Waals surface area contributed by atoms with Crippen molar-refractivity contribution in [1.29, 1.82) is 0 Å². The highest BCUT2D eigenvalue weighted by Gasteiger charge is 2.08. The lowest BCUT2D eigenvalue weighted by Gasteiger charge is -2.07. The molecule has 2 rings (SSSR count). The summed E-state index contributed by atoms with van der Waals surface area (Å²) in [5.74, 6) is -0.0893. The Balaban J connectivity index is 2.13. The number of nitrogens with one attached hydrogen (secondary N) is 1. The van der Waals surface area contributed by atoms with E-state index < -0.39 is 0 Å². The third kappa shape index (κ3) is 3.13. The average Bonchev–Trinajstić information content (AvgIpc) is 2.42. The summed E-state index contributed by atoms with van der Waals surface area (Å²) in [5.41, 5.74) is 3.18. The van der Waals surface area contributed by atoms with Gasteiger partial charge in [0.05, 0.1) is 0 Å². The van der Waals surface area contributed by atoms with Crippen LogP contribution in [0.4, 0.5) is 5.69 Å². The second kappa shape index (κ2) is 5.57. The SMILES string of the molecule is CCc1ccc(NC(=O)c2ccc(C)c(O)c2)cc1. The molecule has 0 fully saturated rings. The number of carbonyl (C=O) groups excluding carboxylic acids is 1. The van der Waals surface area contributed by atoms with Crippen LogP contribution in [-0.4, -0.2) is 11.0 Å². The van der Waals surface area contributed by atoms with E-state index in [4.69, 9.17) is 0 Å². The molecule has 98 valence electrons. The van der Waals surface area contributed by atoms with E-state index in [2.05, 4.69) is 12.2 Å². The number of hydrogen-bond acceptors (Lipinski definition) is 2. The van der Waals surface area contributed by atoms with Gasteiger partial charge in [-0.15, -0.1) is 0 Å². The Labute approximate surface area is 112 Å². The Bertz CT molecular complexity index is 588. The van der Waals surface area contributed by atoms with Gasteiger partial charge in [-0.25, -0.2) is 0 Å². The van der Waals surface area contributed by atoms with E-state index in [-0.39, 0.29) is 11.7 Å². The maximum absolute atomic E-state index is 12.0. The molecule has 2 N–H and O–H groups in total. The molecule has 0 atom stereocenters. The Morgan fingerprint density at radius 2 is 1.84 bits per heavy atom. The fourth-order valence-corrected chi connectivity index (χ4v) is 1.78. The van der Waals surface area contributed by atoms with E-state index >= 15 is 0 Å². The molecule has 0 aliphatic heterocycles. The number of aromatic hydroxyl groups is 1. The molecule has 0 spiro atoms. The van der Waals surface area contributed by atoms with E-state index in [0.717, 1.165) is 17.7 Å². The highest BCUT2D eigenvalue weighted by molar-refractivity contribution is 6.04. The van der Waals surface area contributed by atoms with Crippen molar-refractivity contribution < 1.29 is 9.90 Å². The van der Waals surface area contributed by atoms with Crippen LogP contribution in [0.25, 0.3) is 0 Å². The maximum Gasteiger partial charge on any atom is 0.255 e. The fraction of sp³-hybridized carbons (Fsp3) is 0.188. The predicted molar refractivity (Wildman–Crippen MR) is 76.6 cm³/mol. The number of phenols is 1. The van der Waals surface area contributed by atoms with E-state index in [1.54, 1.807) is 19.1 Å². The number of hydrogen-bond donors (Lipinski definition) is 2. The molecule has 19 heavy (non-hydrogen) atoms. The fourth-order valence-electron chi connectivity index (χ4n) is 1.78. The normalized spacial score (nSPS) is 10.2. The minimum atomic E-state index is -0.223. The Hall–Kier alpha value is -2.29. The first-order chi connectivity index (χ1) is 9.10. The van der Waals surface area contributed by atoms with Crippen molar-refractivity contribution in [3.63, 3.8) is 0 Å². The summed E-state index contributed by atoms with van der Waals surface area (Å²) in [6.45, 7) is 3.88. The second-order valence-corrected chi connectivity index (χ2v) is 4.51. The van der Waals surface area contributed by atoms with E-state index in [0.29, 0.717) is 5.56 Å². The Morgan fingerprint density at radius 3 is 2.42 bits per heavy atom. The standard InChI is InChI=1S/C16H17NO2/c1-3-12-5-8-14(9-6-12)17-16(19)13-7-4-11(2)15(18)10-13/h4-10,18H,3H2,1-2H3,(H,17,19). The zero-order chi connectivity index (χ0) is 13.8. The Kier molecular flexibility index (Phi) is 3.85. The molecule has 0 unspecified atom stereocenters. The number of carbonyl (C=O) groups is 1. The molecule has 0 aliphatic rings. The van der Waals surface area contributed by atoms with Gasteiger partial charge in [-0.05, 0) is 48.7 Å². The number of phenolic OH excluding ortho intramolecular Hbond substituents is 1. The van der Waals surface area contributed by atoms with Gasteiger partial charge < -0.3 is 10.4 Å². The molecule has 3 heteroatoms. The molecule has 0 saturated heterocycles. The molecule has 0 bridgehead atoms. The van der Waals surface area contributed by atoms with E-state index in [9.17, 15) is 9.90 Å². The summed E-state index contributed by atoms with van der Waals surface area (Å²) in [7, 11) is 0. The molecular formula is C16H17NO2. The number of aryl methyl sites for hydroxylation is 2. The first-order valence-corrected chi connectivity index (χ1v) is 6.30. The zero-order valence-electron chi connectivity index (χ0n) is 11.1. The molecule has 2 aromatic rings. The van der Waals surface area contributed by atoms with Crippen LogP contribution < -0.4 is 5.32 Å². The van der Waals surface area contributed by atoms with Crippen molar-refractivity contribution in [2.45, 2.75) is 20.3 Å². The lowest BCUT2D eigenvalue weighted by Crippen LogP contribution is -2.11.